The third kappa shape index (κ3) is 3.02. The Morgan fingerprint density at radius 3 is 2.52 bits per heavy atom. The molecule has 1 aliphatic heterocycles. The zero-order valence-electron chi connectivity index (χ0n) is 15.4. The molecule has 1 aliphatic carbocycles. The van der Waals surface area contributed by atoms with Crippen LogP contribution in [0.25, 0.3) is 0 Å². The van der Waals surface area contributed by atoms with Gasteiger partial charge in [0.2, 0.25) is 5.91 Å². The Hall–Kier alpha value is -2.34. The summed E-state index contributed by atoms with van der Waals surface area (Å²) in [6, 6.07) is 12.3. The van der Waals surface area contributed by atoms with Crippen LogP contribution >= 0.6 is 0 Å². The van der Waals surface area contributed by atoms with E-state index >= 15 is 0 Å². The Bertz CT molecular complexity index is 1000. The number of primary amides is 1. The van der Waals surface area contributed by atoms with E-state index in [-0.39, 0.29) is 6.04 Å². The molecule has 2 aromatic rings. The number of aryl methyl sites for hydroxylation is 2. The zero-order valence-corrected chi connectivity index (χ0v) is 16.2. The number of hydrogen-bond acceptors (Lipinski definition) is 3. The molecule has 0 bridgehead atoms. The highest BCUT2D eigenvalue weighted by atomic mass is 32.2. The molecule has 4 rings (SSSR count). The van der Waals surface area contributed by atoms with Crippen molar-refractivity contribution in [3.63, 3.8) is 0 Å². The van der Waals surface area contributed by atoms with Gasteiger partial charge in [0.15, 0.2) is 0 Å². The van der Waals surface area contributed by atoms with Gasteiger partial charge in [-0.05, 0) is 73.9 Å². The maximum atomic E-state index is 13.5. The Kier molecular flexibility index (Phi) is 4.46. The molecule has 1 amide bonds. The number of anilines is 1. The van der Waals surface area contributed by atoms with Crippen molar-refractivity contribution in [2.45, 2.75) is 55.9 Å². The number of carbonyl (C=O) groups excluding carboxylic acids is 1. The second kappa shape index (κ2) is 6.68. The zero-order chi connectivity index (χ0) is 19.2. The molecule has 2 aromatic carbocycles. The molecule has 0 radical (unpaired) electrons. The molecule has 0 spiro atoms. The first-order chi connectivity index (χ1) is 12.9. The summed E-state index contributed by atoms with van der Waals surface area (Å²) < 4.78 is 28.5. The van der Waals surface area contributed by atoms with E-state index in [0.717, 1.165) is 31.2 Å². The SMILES string of the molecule is C[C@@H]1C[C@H](C(N)=O)c2ccccc2N1S(=O)(=O)c1ccc2c(c1)CCCC2. The monoisotopic (exact) mass is 384 g/mol. The summed E-state index contributed by atoms with van der Waals surface area (Å²) in [5.74, 6) is -0.883. The van der Waals surface area contributed by atoms with E-state index in [1.165, 1.54) is 9.87 Å². The van der Waals surface area contributed by atoms with Crippen LogP contribution in [0.4, 0.5) is 5.69 Å². The fourth-order valence-electron chi connectivity index (χ4n) is 4.40. The smallest absolute Gasteiger partial charge is 0.264 e. The molecule has 0 fully saturated rings. The van der Waals surface area contributed by atoms with Gasteiger partial charge in [0.25, 0.3) is 10.0 Å². The van der Waals surface area contributed by atoms with Crippen LogP contribution in [0.5, 0.6) is 0 Å². The summed E-state index contributed by atoms with van der Waals surface area (Å²) in [4.78, 5) is 12.2. The van der Waals surface area contributed by atoms with Crippen molar-refractivity contribution in [1.29, 1.82) is 0 Å². The van der Waals surface area contributed by atoms with Crippen LogP contribution in [-0.4, -0.2) is 20.4 Å². The molecule has 142 valence electrons. The number of para-hydroxylation sites is 1. The summed E-state index contributed by atoms with van der Waals surface area (Å²) in [7, 11) is -3.73. The van der Waals surface area contributed by atoms with Gasteiger partial charge in [-0.15, -0.1) is 0 Å². The molecule has 1 heterocycles. The van der Waals surface area contributed by atoms with E-state index in [1.54, 1.807) is 24.3 Å². The summed E-state index contributed by atoms with van der Waals surface area (Å²) in [5.41, 5.74) is 9.20. The normalized spacial score (nSPS) is 22.0. The Balaban J connectivity index is 1.81. The molecule has 0 saturated heterocycles. The van der Waals surface area contributed by atoms with Gasteiger partial charge in [0, 0.05) is 6.04 Å². The van der Waals surface area contributed by atoms with Crippen molar-refractivity contribution in [2.75, 3.05) is 4.31 Å². The molecule has 5 nitrogen and oxygen atoms in total. The maximum absolute atomic E-state index is 13.5. The first-order valence-electron chi connectivity index (χ1n) is 9.44. The predicted octanol–water partition coefficient (Wildman–Crippen LogP) is 3.12. The minimum Gasteiger partial charge on any atom is -0.369 e. The minimum atomic E-state index is -3.73. The number of sulfonamides is 1. The Morgan fingerprint density at radius 1 is 1.07 bits per heavy atom. The van der Waals surface area contributed by atoms with Crippen LogP contribution in [0.2, 0.25) is 0 Å². The minimum absolute atomic E-state index is 0.322. The van der Waals surface area contributed by atoms with Crippen LogP contribution in [0.15, 0.2) is 47.4 Å². The van der Waals surface area contributed by atoms with Crippen molar-refractivity contribution in [3.05, 3.63) is 59.2 Å². The van der Waals surface area contributed by atoms with Gasteiger partial charge < -0.3 is 5.73 Å². The fraction of sp³-hybridized carbons (Fsp3) is 0.381. The first kappa shape index (κ1) is 18.0. The third-order valence-corrected chi connectivity index (χ3v) is 7.67. The maximum Gasteiger partial charge on any atom is 0.264 e. The van der Waals surface area contributed by atoms with Crippen LogP contribution in [0, 0.1) is 0 Å². The van der Waals surface area contributed by atoms with Gasteiger partial charge in [0.05, 0.1) is 16.5 Å². The summed E-state index contributed by atoms with van der Waals surface area (Å²) in [6.45, 7) is 1.84. The van der Waals surface area contributed by atoms with E-state index in [9.17, 15) is 13.2 Å². The average molecular weight is 385 g/mol. The molecule has 0 aromatic heterocycles. The lowest BCUT2D eigenvalue weighted by Crippen LogP contribution is -2.45. The number of nitrogens with two attached hydrogens (primary N) is 1. The number of nitrogens with zero attached hydrogens (tertiary/aromatic N) is 1. The number of fused-ring (bicyclic) bond motifs is 2. The quantitative estimate of drug-likeness (QED) is 0.883. The van der Waals surface area contributed by atoms with E-state index in [1.807, 2.05) is 25.1 Å². The predicted molar refractivity (Wildman–Crippen MR) is 105 cm³/mol. The molecular weight excluding hydrogens is 360 g/mol. The van der Waals surface area contributed by atoms with Crippen molar-refractivity contribution >= 4 is 21.6 Å². The van der Waals surface area contributed by atoms with Gasteiger partial charge in [0.1, 0.15) is 0 Å². The lowest BCUT2D eigenvalue weighted by atomic mass is 9.87. The molecular formula is C21H24N2O3S. The van der Waals surface area contributed by atoms with E-state index in [4.69, 9.17) is 5.73 Å². The second-order valence-electron chi connectivity index (χ2n) is 7.54. The van der Waals surface area contributed by atoms with Crippen molar-refractivity contribution in [2.24, 2.45) is 5.73 Å². The highest BCUT2D eigenvalue weighted by Crippen LogP contribution is 2.41. The van der Waals surface area contributed by atoms with E-state index < -0.39 is 21.8 Å². The number of rotatable bonds is 3. The van der Waals surface area contributed by atoms with Gasteiger partial charge in [-0.1, -0.05) is 24.3 Å². The number of hydrogen-bond donors (Lipinski definition) is 1. The molecule has 2 aliphatic rings. The van der Waals surface area contributed by atoms with Crippen molar-refractivity contribution in [3.8, 4) is 0 Å². The van der Waals surface area contributed by atoms with Gasteiger partial charge in [-0.3, -0.25) is 9.10 Å². The fourth-order valence-corrected chi connectivity index (χ4v) is 6.15. The summed E-state index contributed by atoms with van der Waals surface area (Å²) in [6.07, 6.45) is 4.58. The molecule has 0 unspecified atom stereocenters. The highest BCUT2D eigenvalue weighted by Gasteiger charge is 2.39. The van der Waals surface area contributed by atoms with Gasteiger partial charge in [-0.25, -0.2) is 8.42 Å². The Morgan fingerprint density at radius 2 is 1.78 bits per heavy atom. The first-order valence-corrected chi connectivity index (χ1v) is 10.9. The molecule has 0 saturated carbocycles. The van der Waals surface area contributed by atoms with Crippen molar-refractivity contribution < 1.29 is 13.2 Å². The van der Waals surface area contributed by atoms with Crippen LogP contribution in [0.3, 0.4) is 0 Å². The summed E-state index contributed by atoms with van der Waals surface area (Å²) in [5, 5.41) is 0. The van der Waals surface area contributed by atoms with Crippen LogP contribution in [0.1, 0.15) is 48.8 Å². The third-order valence-electron chi connectivity index (χ3n) is 5.75. The van der Waals surface area contributed by atoms with Gasteiger partial charge >= 0.3 is 0 Å². The largest absolute Gasteiger partial charge is 0.369 e. The van der Waals surface area contributed by atoms with E-state index in [2.05, 4.69) is 0 Å². The van der Waals surface area contributed by atoms with Crippen LogP contribution < -0.4 is 10.0 Å². The topological polar surface area (TPSA) is 80.5 Å². The van der Waals surface area contributed by atoms with Crippen molar-refractivity contribution in [1.82, 2.24) is 0 Å². The lowest BCUT2D eigenvalue weighted by molar-refractivity contribution is -0.119. The molecule has 2 atom stereocenters. The number of carbonyl (C=O) groups is 1. The van der Waals surface area contributed by atoms with E-state index in [0.29, 0.717) is 22.6 Å². The average Bonchev–Trinajstić information content (AvgIpc) is 2.66. The molecule has 27 heavy (non-hydrogen) atoms. The number of amides is 1. The van der Waals surface area contributed by atoms with Crippen LogP contribution in [-0.2, 0) is 27.7 Å². The lowest BCUT2D eigenvalue weighted by Gasteiger charge is -2.39. The molecule has 6 heteroatoms. The number of benzene rings is 2. The highest BCUT2D eigenvalue weighted by molar-refractivity contribution is 7.92. The second-order valence-corrected chi connectivity index (χ2v) is 9.35. The summed E-state index contributed by atoms with van der Waals surface area (Å²) >= 11 is 0. The van der Waals surface area contributed by atoms with Gasteiger partial charge in [-0.2, -0.15) is 0 Å². The Labute approximate surface area is 160 Å². The standard InChI is InChI=1S/C21H24N2O3S/c1-14-12-19(21(22)24)18-8-4-5-9-20(18)23(14)27(25,26)17-11-10-15-6-2-3-7-16(15)13-17/h4-5,8-11,13-14,19H,2-3,6-7,12H2,1H3,(H2,22,24)/t14-,19+/m1/s1. The molecule has 2 N–H and O–H groups in total.